The first kappa shape index (κ1) is 9.99. The van der Waals surface area contributed by atoms with E-state index in [0.717, 1.165) is 29.0 Å². The summed E-state index contributed by atoms with van der Waals surface area (Å²) in [5.41, 5.74) is 0.893. The second kappa shape index (κ2) is 3.99. The summed E-state index contributed by atoms with van der Waals surface area (Å²) in [7, 11) is 0. The Kier molecular flexibility index (Phi) is 2.49. The van der Waals surface area contributed by atoms with Crippen molar-refractivity contribution in [3.05, 3.63) is 35.0 Å². The number of guanidine groups is 1. The lowest BCUT2D eigenvalue weighted by molar-refractivity contribution is 0.207. The maximum Gasteiger partial charge on any atom is 0.203 e. The molecule has 2 N–H and O–H groups in total. The van der Waals surface area contributed by atoms with Gasteiger partial charge in [-0.1, -0.05) is 12.2 Å². The monoisotopic (exact) mass is 235 g/mol. The Bertz CT molecular complexity index is 425. The van der Waals surface area contributed by atoms with Crippen LogP contribution >= 0.6 is 11.8 Å². The lowest BCUT2D eigenvalue weighted by Gasteiger charge is -2.25. The van der Waals surface area contributed by atoms with Crippen molar-refractivity contribution < 1.29 is 5.11 Å². The lowest BCUT2D eigenvalue weighted by Crippen LogP contribution is -2.42. The van der Waals surface area contributed by atoms with E-state index in [-0.39, 0.29) is 0 Å². The van der Waals surface area contributed by atoms with Gasteiger partial charge in [0.25, 0.3) is 0 Å². The summed E-state index contributed by atoms with van der Waals surface area (Å²) < 4.78 is 0. The number of hydrogen-bond donors (Lipinski definition) is 2. The van der Waals surface area contributed by atoms with Crippen molar-refractivity contribution in [2.45, 2.75) is 12.5 Å². The van der Waals surface area contributed by atoms with Crippen molar-refractivity contribution in [1.29, 1.82) is 0 Å². The first-order valence-electron chi connectivity index (χ1n) is 5.31. The molecule has 0 amide bonds. The Hall–Kier alpha value is -1.20. The lowest BCUT2D eigenvalue weighted by atomic mass is 10.1. The first-order valence-corrected chi connectivity index (χ1v) is 6.29. The average Bonchev–Trinajstić information content (AvgIpc) is 2.50. The Balaban J connectivity index is 1.94. The molecule has 4 nitrogen and oxygen atoms in total. The van der Waals surface area contributed by atoms with Crippen LogP contribution in [0.4, 0.5) is 0 Å². The molecule has 1 atom stereocenters. The highest BCUT2D eigenvalue weighted by Gasteiger charge is 2.25. The fraction of sp³-hybridized carbons (Fsp3) is 0.364. The molecule has 0 bridgehead atoms. The zero-order valence-corrected chi connectivity index (χ0v) is 9.57. The summed E-state index contributed by atoms with van der Waals surface area (Å²) >= 11 is 1.74. The smallest absolute Gasteiger partial charge is 0.203 e. The van der Waals surface area contributed by atoms with Gasteiger partial charge < -0.3 is 15.3 Å². The third-order valence-corrected chi connectivity index (χ3v) is 3.88. The SMILES string of the molecule is O[C@@H]1CC=CC2=C1NC1=NC=CCN1CS2. The molecule has 2 aliphatic heterocycles. The summed E-state index contributed by atoms with van der Waals surface area (Å²) in [6.45, 7) is 0.874. The fourth-order valence-corrected chi connectivity index (χ4v) is 2.96. The molecule has 0 aromatic rings. The summed E-state index contributed by atoms with van der Waals surface area (Å²) in [6, 6.07) is 0. The van der Waals surface area contributed by atoms with E-state index < -0.39 is 6.10 Å². The van der Waals surface area contributed by atoms with Gasteiger partial charge >= 0.3 is 0 Å². The third-order valence-electron chi connectivity index (χ3n) is 2.78. The number of thioether (sulfide) groups is 1. The van der Waals surface area contributed by atoms with E-state index in [4.69, 9.17) is 0 Å². The molecule has 0 aromatic heterocycles. The topological polar surface area (TPSA) is 47.9 Å². The molecule has 0 spiro atoms. The molecular weight excluding hydrogens is 222 g/mol. The highest BCUT2D eigenvalue weighted by atomic mass is 32.2. The van der Waals surface area contributed by atoms with Crippen molar-refractivity contribution in [3.63, 3.8) is 0 Å². The predicted molar refractivity (Wildman–Crippen MR) is 65.7 cm³/mol. The minimum absolute atomic E-state index is 0.430. The molecule has 0 aromatic carbocycles. The molecule has 84 valence electrons. The van der Waals surface area contributed by atoms with Crippen molar-refractivity contribution >= 4 is 17.7 Å². The highest BCUT2D eigenvalue weighted by Crippen LogP contribution is 2.30. The molecule has 0 fully saturated rings. The van der Waals surface area contributed by atoms with Gasteiger partial charge in [-0.25, -0.2) is 4.99 Å². The van der Waals surface area contributed by atoms with Gasteiger partial charge in [0.2, 0.25) is 5.96 Å². The van der Waals surface area contributed by atoms with Crippen LogP contribution in [0.5, 0.6) is 0 Å². The van der Waals surface area contributed by atoms with Crippen LogP contribution in [0.2, 0.25) is 0 Å². The Morgan fingerprint density at radius 1 is 1.50 bits per heavy atom. The minimum Gasteiger partial charge on any atom is -0.387 e. The fourth-order valence-electron chi connectivity index (χ4n) is 1.91. The van der Waals surface area contributed by atoms with Crippen LogP contribution in [-0.4, -0.2) is 34.5 Å². The first-order chi connectivity index (χ1) is 7.84. The maximum absolute atomic E-state index is 9.94. The molecule has 0 saturated heterocycles. The molecule has 5 heteroatoms. The van der Waals surface area contributed by atoms with E-state index in [1.165, 1.54) is 0 Å². The van der Waals surface area contributed by atoms with Crippen molar-refractivity contribution in [2.24, 2.45) is 4.99 Å². The second-order valence-electron chi connectivity index (χ2n) is 3.89. The standard InChI is InChI=1S/C11H13N3OS/c15-8-3-1-4-9-10(8)13-11-12-5-2-6-14(11)7-16-9/h1-2,4-5,8,15H,3,6-7H2,(H,12,13)/t8-/m1/s1. The zero-order valence-electron chi connectivity index (χ0n) is 8.76. The number of nitrogens with zero attached hydrogens (tertiary/aromatic N) is 2. The molecule has 2 heterocycles. The molecule has 1 aliphatic carbocycles. The number of aliphatic imine (C=N–C) groups is 1. The molecule has 3 rings (SSSR count). The van der Waals surface area contributed by atoms with E-state index in [1.807, 2.05) is 12.2 Å². The van der Waals surface area contributed by atoms with Crippen molar-refractivity contribution in [2.75, 3.05) is 12.4 Å². The molecule has 3 aliphatic rings. The number of rotatable bonds is 0. The Morgan fingerprint density at radius 3 is 3.38 bits per heavy atom. The minimum atomic E-state index is -0.430. The molecule has 0 saturated carbocycles. The molecule has 16 heavy (non-hydrogen) atoms. The average molecular weight is 235 g/mol. The van der Waals surface area contributed by atoms with Gasteiger partial charge in [0.05, 0.1) is 17.7 Å². The van der Waals surface area contributed by atoms with E-state index in [0.29, 0.717) is 6.42 Å². The second-order valence-corrected chi connectivity index (χ2v) is 4.88. The van der Waals surface area contributed by atoms with E-state index in [9.17, 15) is 5.11 Å². The summed E-state index contributed by atoms with van der Waals surface area (Å²) in [4.78, 5) is 7.58. The van der Waals surface area contributed by atoms with Gasteiger partial charge in [-0.2, -0.15) is 0 Å². The largest absolute Gasteiger partial charge is 0.387 e. The Labute approximate surface area is 98.4 Å². The molecule has 0 radical (unpaired) electrons. The number of nitrogens with one attached hydrogen (secondary N) is 1. The van der Waals surface area contributed by atoms with Crippen LogP contribution in [-0.2, 0) is 0 Å². The van der Waals surface area contributed by atoms with Gasteiger partial charge in [-0.3, -0.25) is 0 Å². The number of hydrogen-bond acceptors (Lipinski definition) is 5. The van der Waals surface area contributed by atoms with Crippen molar-refractivity contribution in [3.8, 4) is 0 Å². The highest BCUT2D eigenvalue weighted by molar-refractivity contribution is 8.03. The quantitative estimate of drug-likeness (QED) is 0.657. The van der Waals surface area contributed by atoms with Gasteiger partial charge in [0.1, 0.15) is 0 Å². The Morgan fingerprint density at radius 2 is 2.44 bits per heavy atom. The van der Waals surface area contributed by atoms with E-state index in [1.54, 1.807) is 18.0 Å². The van der Waals surface area contributed by atoms with E-state index in [2.05, 4.69) is 21.3 Å². The predicted octanol–water partition coefficient (Wildman–Crippen LogP) is 0.998. The van der Waals surface area contributed by atoms with Gasteiger partial charge in [0.15, 0.2) is 0 Å². The van der Waals surface area contributed by atoms with Gasteiger partial charge in [-0.05, 0) is 12.5 Å². The number of fused-ring (bicyclic) bond motifs is 1. The van der Waals surface area contributed by atoms with Crippen LogP contribution in [0.3, 0.4) is 0 Å². The van der Waals surface area contributed by atoms with Crippen LogP contribution in [0.15, 0.2) is 40.0 Å². The van der Waals surface area contributed by atoms with Crippen molar-refractivity contribution in [1.82, 2.24) is 10.2 Å². The van der Waals surface area contributed by atoms with Crippen LogP contribution in [0, 0.1) is 0 Å². The maximum atomic E-state index is 9.94. The zero-order chi connectivity index (χ0) is 11.0. The van der Waals surface area contributed by atoms with Gasteiger partial charge in [-0.15, -0.1) is 11.8 Å². The third kappa shape index (κ3) is 1.66. The van der Waals surface area contributed by atoms with Crippen LogP contribution < -0.4 is 5.32 Å². The van der Waals surface area contributed by atoms with E-state index >= 15 is 0 Å². The number of allylic oxidation sites excluding steroid dienone is 1. The summed E-state index contributed by atoms with van der Waals surface area (Å²) in [5, 5.41) is 13.2. The molecular formula is C11H13N3OS. The molecule has 0 unspecified atom stereocenters. The summed E-state index contributed by atoms with van der Waals surface area (Å²) in [5.74, 6) is 1.71. The summed E-state index contributed by atoms with van der Waals surface area (Å²) in [6.07, 6.45) is 8.17. The van der Waals surface area contributed by atoms with Crippen LogP contribution in [0.25, 0.3) is 0 Å². The van der Waals surface area contributed by atoms with Gasteiger partial charge in [0, 0.05) is 17.6 Å². The normalized spacial score (nSPS) is 27.9. The van der Waals surface area contributed by atoms with Crippen LogP contribution in [0.1, 0.15) is 6.42 Å². The number of aliphatic hydroxyl groups is 1. The number of aliphatic hydroxyl groups excluding tert-OH is 1.